The molecule has 2 amide bonds. The average molecular weight is 636 g/mol. The van der Waals surface area contributed by atoms with Gasteiger partial charge in [-0.3, -0.25) is 14.5 Å². The lowest BCUT2D eigenvalue weighted by atomic mass is 10.1. The van der Waals surface area contributed by atoms with E-state index in [0.29, 0.717) is 37.7 Å². The second-order valence-electron chi connectivity index (χ2n) is 8.28. The Balaban J connectivity index is 1.46. The number of nitrogens with zero attached hydrogens (tertiary/aromatic N) is 1. The zero-order chi connectivity index (χ0) is 27.6. The number of hydrogen-bond donors (Lipinski definition) is 1. The number of carbonyl (C=O) groups is 2. The molecule has 0 unspecified atom stereocenters. The Kier molecular flexibility index (Phi) is 8.77. The number of rotatable bonds is 7. The minimum Gasteiger partial charge on any atom is -0.493 e. The Labute approximate surface area is 242 Å². The monoisotopic (exact) mass is 634 g/mol. The smallest absolute Gasteiger partial charge is 0.270 e. The lowest BCUT2D eigenvalue weighted by Gasteiger charge is -2.15. The fourth-order valence-corrected chi connectivity index (χ4v) is 5.60. The van der Waals surface area contributed by atoms with Gasteiger partial charge in [0.05, 0.1) is 28.4 Å². The van der Waals surface area contributed by atoms with E-state index in [0.717, 1.165) is 27.4 Å². The number of carbonyl (C=O) groups excluding carboxylic acids is 2. The fraction of sp³-hybridized carbons (Fsp3) is 0.148. The van der Waals surface area contributed by atoms with Crippen LogP contribution in [0.4, 0.5) is 15.8 Å². The first-order chi connectivity index (χ1) is 18.1. The first kappa shape index (κ1) is 28.1. The van der Waals surface area contributed by atoms with E-state index in [2.05, 4.69) is 21.2 Å². The van der Waals surface area contributed by atoms with E-state index in [4.69, 9.17) is 33.3 Å². The largest absolute Gasteiger partial charge is 0.493 e. The second kappa shape index (κ2) is 11.9. The highest BCUT2D eigenvalue weighted by Gasteiger charge is 2.33. The third kappa shape index (κ3) is 6.20. The number of thioether (sulfide) groups is 1. The topological polar surface area (TPSA) is 67.9 Å². The summed E-state index contributed by atoms with van der Waals surface area (Å²) in [6, 6.07) is 12.9. The molecule has 1 aliphatic rings. The molecular formula is C27H21BrClFN2O4S2. The third-order valence-electron chi connectivity index (χ3n) is 5.66. The highest BCUT2D eigenvalue weighted by Crippen LogP contribution is 2.38. The predicted octanol–water partition coefficient (Wildman–Crippen LogP) is 7.29. The van der Waals surface area contributed by atoms with Crippen molar-refractivity contribution in [2.45, 2.75) is 13.8 Å². The SMILES string of the molecule is COc1cc(/C=C2/SC(=S)N(c3ccc(F)c(Cl)c3)C2=O)ccc1OCC(=O)Nc1cc(C)c(C)cc1Br. The molecule has 3 aromatic carbocycles. The van der Waals surface area contributed by atoms with Crippen LogP contribution in [0.3, 0.4) is 0 Å². The molecule has 11 heteroatoms. The number of methoxy groups -OCH3 is 1. The van der Waals surface area contributed by atoms with E-state index in [1.54, 1.807) is 24.3 Å². The Morgan fingerprint density at radius 1 is 1.16 bits per heavy atom. The van der Waals surface area contributed by atoms with Crippen molar-refractivity contribution in [1.29, 1.82) is 0 Å². The standard InChI is InChI=1S/C27H21BrClFN2O4S2/c1-14-8-18(28)21(9-15(14)2)31-25(33)13-36-22-7-4-16(10-23(22)35-3)11-24-26(34)32(27(37)38-24)17-5-6-20(30)19(29)12-17/h4-12H,13H2,1-3H3,(H,31,33)/b24-11+. The third-order valence-corrected chi connectivity index (χ3v) is 7.90. The maximum Gasteiger partial charge on any atom is 0.270 e. The van der Waals surface area contributed by atoms with Crippen molar-refractivity contribution < 1.29 is 23.5 Å². The van der Waals surface area contributed by atoms with E-state index >= 15 is 0 Å². The van der Waals surface area contributed by atoms with Crippen molar-refractivity contribution in [2.75, 3.05) is 23.9 Å². The molecule has 196 valence electrons. The van der Waals surface area contributed by atoms with Crippen LogP contribution in [-0.4, -0.2) is 29.9 Å². The van der Waals surface area contributed by atoms with E-state index in [1.807, 2.05) is 26.0 Å². The van der Waals surface area contributed by atoms with Crippen LogP contribution in [0.5, 0.6) is 11.5 Å². The Bertz CT molecular complexity index is 1500. The fourth-order valence-electron chi connectivity index (χ4n) is 3.57. The quantitative estimate of drug-likeness (QED) is 0.217. The average Bonchev–Trinajstić information content (AvgIpc) is 3.15. The predicted molar refractivity (Wildman–Crippen MR) is 158 cm³/mol. The molecule has 0 radical (unpaired) electrons. The number of halogens is 3. The molecule has 1 saturated heterocycles. The van der Waals surface area contributed by atoms with E-state index in [9.17, 15) is 14.0 Å². The molecule has 1 aliphatic heterocycles. The molecule has 4 rings (SSSR count). The number of amides is 2. The molecular weight excluding hydrogens is 615 g/mol. The molecule has 6 nitrogen and oxygen atoms in total. The first-order valence-electron chi connectivity index (χ1n) is 11.2. The summed E-state index contributed by atoms with van der Waals surface area (Å²) in [5.41, 5.74) is 3.87. The number of aryl methyl sites for hydroxylation is 2. The molecule has 0 saturated carbocycles. The number of hydrogen-bond acceptors (Lipinski definition) is 6. The molecule has 3 aromatic rings. The summed E-state index contributed by atoms with van der Waals surface area (Å²) in [5, 5.41) is 2.73. The Hall–Kier alpha value is -2.92. The van der Waals surface area contributed by atoms with Crippen LogP contribution in [-0.2, 0) is 9.59 Å². The van der Waals surface area contributed by atoms with E-state index in [1.165, 1.54) is 30.2 Å². The summed E-state index contributed by atoms with van der Waals surface area (Å²) in [4.78, 5) is 27.2. The number of nitrogens with one attached hydrogen (secondary N) is 1. The molecule has 1 N–H and O–H groups in total. The number of anilines is 2. The van der Waals surface area contributed by atoms with Crippen molar-refractivity contribution in [3.8, 4) is 11.5 Å². The molecule has 0 aliphatic carbocycles. The summed E-state index contributed by atoms with van der Waals surface area (Å²) in [6.45, 7) is 3.73. The van der Waals surface area contributed by atoms with Gasteiger partial charge in [-0.15, -0.1) is 0 Å². The summed E-state index contributed by atoms with van der Waals surface area (Å²) in [5.74, 6) is -0.505. The molecule has 0 bridgehead atoms. The van der Waals surface area contributed by atoms with E-state index in [-0.39, 0.29) is 23.4 Å². The number of thiocarbonyl (C=S) groups is 1. The van der Waals surface area contributed by atoms with E-state index < -0.39 is 5.82 Å². The van der Waals surface area contributed by atoms with Gasteiger partial charge in [0.2, 0.25) is 0 Å². The van der Waals surface area contributed by atoms with Gasteiger partial charge in [-0.05, 0) is 95.0 Å². The van der Waals surface area contributed by atoms with Gasteiger partial charge < -0.3 is 14.8 Å². The van der Waals surface area contributed by atoms with Crippen LogP contribution in [0.25, 0.3) is 6.08 Å². The zero-order valence-electron chi connectivity index (χ0n) is 20.4. The summed E-state index contributed by atoms with van der Waals surface area (Å²) < 4.78 is 25.8. The highest BCUT2D eigenvalue weighted by molar-refractivity contribution is 9.10. The minimum atomic E-state index is -0.582. The van der Waals surface area contributed by atoms with Crippen molar-refractivity contribution in [3.05, 3.63) is 85.4 Å². The molecule has 1 heterocycles. The van der Waals surface area contributed by atoms with Crippen molar-refractivity contribution in [1.82, 2.24) is 0 Å². The van der Waals surface area contributed by atoms with Gasteiger partial charge >= 0.3 is 0 Å². The Morgan fingerprint density at radius 3 is 2.61 bits per heavy atom. The van der Waals surface area contributed by atoms with Gasteiger partial charge in [-0.25, -0.2) is 4.39 Å². The van der Waals surface area contributed by atoms with Crippen molar-refractivity contribution in [3.63, 3.8) is 0 Å². The van der Waals surface area contributed by atoms with Gasteiger partial charge in [0.15, 0.2) is 22.4 Å². The van der Waals surface area contributed by atoms with Gasteiger partial charge in [0, 0.05) is 4.47 Å². The van der Waals surface area contributed by atoms with Crippen LogP contribution in [0.2, 0.25) is 5.02 Å². The molecule has 1 fully saturated rings. The normalized spacial score (nSPS) is 14.3. The maximum atomic E-state index is 13.6. The molecule has 0 aromatic heterocycles. The highest BCUT2D eigenvalue weighted by atomic mass is 79.9. The molecule has 0 atom stereocenters. The van der Waals surface area contributed by atoms with Gasteiger partial charge in [0.25, 0.3) is 11.8 Å². The summed E-state index contributed by atoms with van der Waals surface area (Å²) in [6.07, 6.45) is 1.67. The number of ether oxygens (including phenoxy) is 2. The van der Waals surface area contributed by atoms with Crippen LogP contribution in [0.15, 0.2) is 57.9 Å². The lowest BCUT2D eigenvalue weighted by molar-refractivity contribution is -0.118. The Morgan fingerprint density at radius 2 is 1.89 bits per heavy atom. The number of benzene rings is 3. The van der Waals surface area contributed by atoms with Crippen LogP contribution in [0.1, 0.15) is 16.7 Å². The summed E-state index contributed by atoms with van der Waals surface area (Å²) in [7, 11) is 1.48. The van der Waals surface area contributed by atoms with Crippen molar-refractivity contribution in [2.24, 2.45) is 0 Å². The van der Waals surface area contributed by atoms with Crippen molar-refractivity contribution >= 4 is 85.1 Å². The van der Waals surface area contributed by atoms with Crippen LogP contribution >= 0.6 is 51.5 Å². The molecule has 0 spiro atoms. The maximum absolute atomic E-state index is 13.6. The molecule has 38 heavy (non-hydrogen) atoms. The lowest BCUT2D eigenvalue weighted by Crippen LogP contribution is -2.27. The van der Waals surface area contributed by atoms with Crippen LogP contribution in [0, 0.1) is 19.7 Å². The van der Waals surface area contributed by atoms with Gasteiger partial charge in [-0.2, -0.15) is 0 Å². The van der Waals surface area contributed by atoms with Gasteiger partial charge in [0.1, 0.15) is 5.82 Å². The van der Waals surface area contributed by atoms with Crippen LogP contribution < -0.4 is 19.7 Å². The minimum absolute atomic E-state index is 0.101. The zero-order valence-corrected chi connectivity index (χ0v) is 24.4. The second-order valence-corrected chi connectivity index (χ2v) is 11.2. The summed E-state index contributed by atoms with van der Waals surface area (Å²) >= 11 is 15.8. The van der Waals surface area contributed by atoms with Gasteiger partial charge in [-0.1, -0.05) is 41.6 Å². The first-order valence-corrected chi connectivity index (χ1v) is 13.6.